The number of fused-ring (bicyclic) bond motifs is 1. The number of nitrogens with one attached hydrogen (secondary N) is 3. The molecular formula is C27H35N5O3. The lowest BCUT2D eigenvalue weighted by molar-refractivity contribution is 0.249. The molecule has 35 heavy (non-hydrogen) atoms. The van der Waals surface area contributed by atoms with Gasteiger partial charge in [0, 0.05) is 23.9 Å². The number of aliphatic imine (C=N–C) groups is 2. The van der Waals surface area contributed by atoms with Gasteiger partial charge in [-0.2, -0.15) is 4.99 Å². The Kier molecular flexibility index (Phi) is 7.90. The molecule has 0 spiro atoms. The van der Waals surface area contributed by atoms with E-state index in [0.29, 0.717) is 17.5 Å². The molecule has 0 saturated heterocycles. The van der Waals surface area contributed by atoms with Gasteiger partial charge in [0.15, 0.2) is 0 Å². The van der Waals surface area contributed by atoms with Crippen LogP contribution in [-0.2, 0) is 4.74 Å². The lowest BCUT2D eigenvalue weighted by atomic mass is 9.85. The third-order valence-corrected chi connectivity index (χ3v) is 6.81. The van der Waals surface area contributed by atoms with E-state index < -0.39 is 0 Å². The summed E-state index contributed by atoms with van der Waals surface area (Å²) in [7, 11) is 3.17. The molecule has 0 radical (unpaired) electrons. The van der Waals surface area contributed by atoms with Crippen LogP contribution < -0.4 is 20.7 Å². The number of urea groups is 1. The highest BCUT2D eigenvalue weighted by atomic mass is 16.5. The minimum absolute atomic E-state index is 0.157. The molecule has 8 heteroatoms. The largest absolute Gasteiger partial charge is 0.468 e. The molecule has 8 nitrogen and oxygen atoms in total. The smallest absolute Gasteiger partial charge is 0.319 e. The number of ether oxygens (including phenoxy) is 2. The van der Waals surface area contributed by atoms with Gasteiger partial charge < -0.3 is 20.1 Å². The molecule has 2 aliphatic carbocycles. The van der Waals surface area contributed by atoms with E-state index in [1.165, 1.54) is 39.2 Å². The zero-order chi connectivity index (χ0) is 24.8. The second kappa shape index (κ2) is 11.3. The summed E-state index contributed by atoms with van der Waals surface area (Å²) in [4.78, 5) is 21.0. The van der Waals surface area contributed by atoms with Gasteiger partial charge in [0.2, 0.25) is 5.88 Å². The van der Waals surface area contributed by atoms with Crippen molar-refractivity contribution >= 4 is 34.3 Å². The van der Waals surface area contributed by atoms with Crippen molar-refractivity contribution in [3.8, 4) is 5.75 Å². The van der Waals surface area contributed by atoms with Crippen molar-refractivity contribution in [3.05, 3.63) is 48.9 Å². The van der Waals surface area contributed by atoms with Gasteiger partial charge in [-0.15, -0.1) is 0 Å². The van der Waals surface area contributed by atoms with E-state index in [0.717, 1.165) is 28.8 Å². The number of anilines is 1. The van der Waals surface area contributed by atoms with Gasteiger partial charge in [0.25, 0.3) is 6.02 Å². The van der Waals surface area contributed by atoms with Crippen LogP contribution in [0.3, 0.4) is 0 Å². The number of hydrogen-bond acceptors (Lipinski definition) is 5. The summed E-state index contributed by atoms with van der Waals surface area (Å²) in [5.74, 6) is 2.79. The molecular weight excluding hydrogens is 442 g/mol. The molecule has 2 unspecified atom stereocenters. The van der Waals surface area contributed by atoms with Crippen LogP contribution in [0.2, 0.25) is 0 Å². The molecule has 2 fully saturated rings. The van der Waals surface area contributed by atoms with Crippen LogP contribution in [0.4, 0.5) is 10.5 Å². The molecule has 2 saturated carbocycles. The van der Waals surface area contributed by atoms with Crippen molar-refractivity contribution in [2.24, 2.45) is 21.8 Å². The summed E-state index contributed by atoms with van der Waals surface area (Å²) in [6, 6.07) is 11.7. The molecule has 3 N–H and O–H groups in total. The first kappa shape index (κ1) is 24.6. The normalized spacial score (nSPS) is 20.8. The number of carbonyl (C=O) groups excluding carboxylic acids is 1. The third kappa shape index (κ3) is 6.32. The first-order chi connectivity index (χ1) is 17.0. The maximum Gasteiger partial charge on any atom is 0.319 e. The number of nitrogens with zero attached hydrogens (tertiary/aromatic N) is 2. The predicted molar refractivity (Wildman–Crippen MR) is 141 cm³/mol. The van der Waals surface area contributed by atoms with Crippen LogP contribution in [0.15, 0.2) is 58.8 Å². The number of amidine groups is 2. The molecule has 2 atom stereocenters. The zero-order valence-corrected chi connectivity index (χ0v) is 20.8. The van der Waals surface area contributed by atoms with Crippen molar-refractivity contribution in [1.29, 1.82) is 0 Å². The first-order valence-electron chi connectivity index (χ1n) is 12.3. The Morgan fingerprint density at radius 3 is 2.54 bits per heavy atom. The maximum absolute atomic E-state index is 12.7. The minimum Gasteiger partial charge on any atom is -0.468 e. The predicted octanol–water partition coefficient (Wildman–Crippen LogP) is 5.42. The Labute approximate surface area is 206 Å². The van der Waals surface area contributed by atoms with Crippen molar-refractivity contribution in [2.75, 3.05) is 19.5 Å². The molecule has 0 aromatic heterocycles. The van der Waals surface area contributed by atoms with Gasteiger partial charge in [-0.3, -0.25) is 10.3 Å². The number of benzene rings is 2. The maximum atomic E-state index is 12.7. The molecule has 4 rings (SSSR count). The number of rotatable bonds is 6. The highest BCUT2D eigenvalue weighted by Gasteiger charge is 2.43. The molecule has 186 valence electrons. The monoisotopic (exact) mass is 477 g/mol. The van der Waals surface area contributed by atoms with Crippen LogP contribution in [0.25, 0.3) is 10.8 Å². The van der Waals surface area contributed by atoms with E-state index in [-0.39, 0.29) is 24.0 Å². The summed E-state index contributed by atoms with van der Waals surface area (Å²) < 4.78 is 11.1. The number of methoxy groups -OCH3 is 1. The molecule has 2 aliphatic rings. The van der Waals surface area contributed by atoms with Gasteiger partial charge in [0.1, 0.15) is 11.6 Å². The van der Waals surface area contributed by atoms with Crippen LogP contribution >= 0.6 is 0 Å². The van der Waals surface area contributed by atoms with E-state index in [9.17, 15) is 4.79 Å². The minimum atomic E-state index is -0.162. The van der Waals surface area contributed by atoms with Gasteiger partial charge in [-0.25, -0.2) is 4.79 Å². The second-order valence-corrected chi connectivity index (χ2v) is 9.21. The van der Waals surface area contributed by atoms with Crippen LogP contribution in [0, 0.1) is 11.8 Å². The molecule has 0 bridgehead atoms. The number of hydrogen-bond donors (Lipinski definition) is 3. The second-order valence-electron chi connectivity index (χ2n) is 9.21. The van der Waals surface area contributed by atoms with Crippen molar-refractivity contribution < 1.29 is 14.3 Å². The Morgan fingerprint density at radius 2 is 1.83 bits per heavy atom. The third-order valence-electron chi connectivity index (χ3n) is 6.81. The SMILES string of the molecule is C=C(/N=C(\NC(C)=NC)OC)Oc1ccc(NC(=O)NC2CC2C2CCCCC2)c2ccccc12. The summed E-state index contributed by atoms with van der Waals surface area (Å²) in [6.07, 6.45) is 7.71. The fourth-order valence-corrected chi connectivity index (χ4v) is 4.86. The Bertz CT molecular complexity index is 1140. The van der Waals surface area contributed by atoms with E-state index in [4.69, 9.17) is 9.47 Å². The summed E-state index contributed by atoms with van der Waals surface area (Å²) in [5, 5.41) is 10.8. The average Bonchev–Trinajstić information content (AvgIpc) is 3.64. The Balaban J connectivity index is 1.42. The van der Waals surface area contributed by atoms with Gasteiger partial charge >= 0.3 is 6.03 Å². The lowest BCUT2D eigenvalue weighted by Crippen LogP contribution is -2.32. The van der Waals surface area contributed by atoms with Crippen LogP contribution in [0.5, 0.6) is 5.75 Å². The van der Waals surface area contributed by atoms with Crippen LogP contribution in [-0.4, -0.2) is 38.1 Å². The molecule has 0 heterocycles. The van der Waals surface area contributed by atoms with E-state index in [2.05, 4.69) is 32.5 Å². The van der Waals surface area contributed by atoms with Crippen molar-refractivity contribution in [3.63, 3.8) is 0 Å². The van der Waals surface area contributed by atoms with Crippen molar-refractivity contribution in [1.82, 2.24) is 10.6 Å². The fourth-order valence-electron chi connectivity index (χ4n) is 4.86. The lowest BCUT2D eigenvalue weighted by Gasteiger charge is -2.21. The highest BCUT2D eigenvalue weighted by molar-refractivity contribution is 6.04. The molecule has 2 aromatic carbocycles. The molecule has 2 aromatic rings. The topological polar surface area (TPSA) is 96.3 Å². The standard InChI is InChI=1S/C27H35N5O3/c1-17(28-3)29-27(34-4)30-18(2)35-25-15-14-23(20-12-8-9-13-21(20)25)31-26(33)32-24-16-22(24)19-10-6-5-7-11-19/h8-9,12-15,19,22,24H,2,5-7,10-11,16H2,1,3-4H3,(H,28,29,30)(H2,31,32,33). The number of carbonyl (C=O) groups is 1. The first-order valence-corrected chi connectivity index (χ1v) is 12.3. The quantitative estimate of drug-likeness (QED) is 0.294. The summed E-state index contributed by atoms with van der Waals surface area (Å²) in [5.41, 5.74) is 0.725. The fraction of sp³-hybridized carbons (Fsp3) is 0.444. The average molecular weight is 478 g/mol. The summed E-state index contributed by atoms with van der Waals surface area (Å²) in [6.45, 7) is 5.68. The van der Waals surface area contributed by atoms with Gasteiger partial charge in [0.05, 0.1) is 12.8 Å². The highest BCUT2D eigenvalue weighted by Crippen LogP contribution is 2.44. The number of amides is 2. The van der Waals surface area contributed by atoms with Gasteiger partial charge in [-0.1, -0.05) is 56.4 Å². The van der Waals surface area contributed by atoms with Crippen LogP contribution in [0.1, 0.15) is 45.4 Å². The Morgan fingerprint density at radius 1 is 1.09 bits per heavy atom. The van der Waals surface area contributed by atoms with E-state index in [1.807, 2.05) is 30.3 Å². The van der Waals surface area contributed by atoms with Crippen molar-refractivity contribution in [2.45, 2.75) is 51.5 Å². The van der Waals surface area contributed by atoms with Gasteiger partial charge in [-0.05, 0) is 43.9 Å². The molecule has 2 amide bonds. The Hall–Kier alpha value is -3.55. The zero-order valence-electron chi connectivity index (χ0n) is 20.8. The summed E-state index contributed by atoms with van der Waals surface area (Å²) >= 11 is 0. The van der Waals surface area contributed by atoms with E-state index >= 15 is 0 Å². The molecule has 0 aliphatic heterocycles. The van der Waals surface area contributed by atoms with E-state index in [1.54, 1.807) is 20.0 Å².